The van der Waals surface area contributed by atoms with Gasteiger partial charge in [-0.05, 0) is 65.9 Å². The van der Waals surface area contributed by atoms with Crippen LogP contribution in [0.3, 0.4) is 0 Å². The van der Waals surface area contributed by atoms with Gasteiger partial charge in [-0.2, -0.15) is 4.31 Å². The minimum atomic E-state index is -3.67. The van der Waals surface area contributed by atoms with Gasteiger partial charge in [-0.25, -0.2) is 8.42 Å². The second-order valence-corrected chi connectivity index (χ2v) is 10.3. The molecule has 0 aliphatic carbocycles. The third-order valence-corrected chi connectivity index (χ3v) is 8.01. The fourth-order valence-corrected chi connectivity index (χ4v) is 5.78. The van der Waals surface area contributed by atoms with Crippen LogP contribution in [0.15, 0.2) is 64.9 Å². The summed E-state index contributed by atoms with van der Waals surface area (Å²) in [5.74, 6) is -0.344. The molecule has 156 valence electrons. The number of nitrogens with one attached hydrogen (secondary N) is 1. The maximum absolute atomic E-state index is 13.1. The maximum Gasteiger partial charge on any atom is 0.255 e. The van der Waals surface area contributed by atoms with Gasteiger partial charge in [0.2, 0.25) is 10.0 Å². The summed E-state index contributed by atoms with van der Waals surface area (Å²) in [6.07, 6.45) is 0.718. The van der Waals surface area contributed by atoms with E-state index in [2.05, 4.69) is 5.32 Å². The molecule has 0 fully saturated rings. The average Bonchev–Trinajstić information content (AvgIpc) is 3.22. The van der Waals surface area contributed by atoms with Crippen LogP contribution in [0.2, 0.25) is 0 Å². The van der Waals surface area contributed by atoms with Gasteiger partial charge in [-0.3, -0.25) is 4.79 Å². The summed E-state index contributed by atoms with van der Waals surface area (Å²) in [6, 6.07) is 15.7. The highest BCUT2D eigenvalue weighted by molar-refractivity contribution is 7.89. The van der Waals surface area contributed by atoms with Gasteiger partial charge in [0, 0.05) is 49.0 Å². The Morgan fingerprint density at radius 3 is 2.60 bits per heavy atom. The van der Waals surface area contributed by atoms with Crippen LogP contribution in [0.25, 0.3) is 0 Å². The zero-order valence-corrected chi connectivity index (χ0v) is 18.5. The molecule has 0 unspecified atom stereocenters. The van der Waals surface area contributed by atoms with Gasteiger partial charge >= 0.3 is 0 Å². The number of nitrogens with zero attached hydrogens (tertiary/aromatic N) is 2. The summed E-state index contributed by atoms with van der Waals surface area (Å²) in [5, 5.41) is 4.82. The first-order valence-corrected chi connectivity index (χ1v) is 11.9. The van der Waals surface area contributed by atoms with Crippen molar-refractivity contribution >= 4 is 38.6 Å². The molecule has 30 heavy (non-hydrogen) atoms. The number of carbonyl (C=O) groups is 1. The van der Waals surface area contributed by atoms with Gasteiger partial charge in [0.1, 0.15) is 0 Å². The van der Waals surface area contributed by atoms with E-state index in [1.165, 1.54) is 15.2 Å². The number of benzene rings is 2. The lowest BCUT2D eigenvalue weighted by Gasteiger charge is -2.26. The molecule has 1 amide bonds. The average molecular weight is 442 g/mol. The first-order valence-electron chi connectivity index (χ1n) is 9.59. The molecule has 0 bridgehead atoms. The monoisotopic (exact) mass is 441 g/mol. The van der Waals surface area contributed by atoms with Gasteiger partial charge in [0.05, 0.1) is 4.90 Å². The zero-order chi connectivity index (χ0) is 21.3. The minimum Gasteiger partial charge on any atom is -0.378 e. The lowest BCUT2D eigenvalue weighted by atomic mass is 10.1. The molecular formula is C22H23N3O3S2. The normalized spacial score (nSPS) is 14.2. The van der Waals surface area contributed by atoms with Crippen LogP contribution in [0.1, 0.15) is 20.8 Å². The first-order chi connectivity index (χ1) is 14.3. The van der Waals surface area contributed by atoms with Crippen molar-refractivity contribution in [2.24, 2.45) is 0 Å². The fourth-order valence-electron chi connectivity index (χ4n) is 3.42. The number of rotatable bonds is 5. The maximum atomic E-state index is 13.1. The molecule has 0 saturated carbocycles. The van der Waals surface area contributed by atoms with Crippen LogP contribution < -0.4 is 10.2 Å². The summed E-state index contributed by atoms with van der Waals surface area (Å²) < 4.78 is 27.8. The van der Waals surface area contributed by atoms with E-state index in [1.54, 1.807) is 29.5 Å². The van der Waals surface area contributed by atoms with Crippen LogP contribution in [-0.4, -0.2) is 39.3 Å². The van der Waals surface area contributed by atoms with Gasteiger partial charge in [0.25, 0.3) is 5.91 Å². The number of thiophene rings is 1. The molecule has 0 saturated heterocycles. The van der Waals surface area contributed by atoms with E-state index >= 15 is 0 Å². The second-order valence-electron chi connectivity index (χ2n) is 7.38. The van der Waals surface area contributed by atoms with E-state index in [0.29, 0.717) is 24.3 Å². The molecule has 8 heteroatoms. The standard InChI is InChI=1S/C22H23N3O3S2/c1-24(2)19-8-6-18(7-9-19)23-22(26)16-4-3-5-20(14-16)30(27,28)25-12-10-21-17(15-25)11-13-29-21/h3-9,11,13-14H,10,12,15H2,1-2H3,(H,23,26). The smallest absolute Gasteiger partial charge is 0.255 e. The SMILES string of the molecule is CN(C)c1ccc(NC(=O)c2cccc(S(=O)(=O)N3CCc4sccc4C3)c2)cc1. The molecule has 1 aromatic heterocycles. The molecule has 0 radical (unpaired) electrons. The molecule has 1 aliphatic rings. The Morgan fingerprint density at radius 2 is 1.87 bits per heavy atom. The Morgan fingerprint density at radius 1 is 1.10 bits per heavy atom. The molecule has 6 nitrogen and oxygen atoms in total. The Labute approximate surface area is 180 Å². The highest BCUT2D eigenvalue weighted by atomic mass is 32.2. The van der Waals surface area contributed by atoms with Gasteiger partial charge in [-0.15, -0.1) is 11.3 Å². The van der Waals surface area contributed by atoms with Crippen LogP contribution in [0.4, 0.5) is 11.4 Å². The number of fused-ring (bicyclic) bond motifs is 1. The van der Waals surface area contributed by atoms with E-state index in [9.17, 15) is 13.2 Å². The lowest BCUT2D eigenvalue weighted by Crippen LogP contribution is -2.35. The molecule has 0 spiro atoms. The first kappa shape index (κ1) is 20.6. The number of hydrogen-bond donors (Lipinski definition) is 1. The zero-order valence-electron chi connectivity index (χ0n) is 16.8. The molecule has 4 rings (SSSR count). The predicted molar refractivity (Wildman–Crippen MR) is 121 cm³/mol. The molecule has 1 N–H and O–H groups in total. The number of carbonyl (C=O) groups excluding carboxylic acids is 1. The largest absolute Gasteiger partial charge is 0.378 e. The highest BCUT2D eigenvalue weighted by Crippen LogP contribution is 2.28. The van der Waals surface area contributed by atoms with Crippen LogP contribution in [0, 0.1) is 0 Å². The van der Waals surface area contributed by atoms with Crippen molar-refractivity contribution in [2.75, 3.05) is 30.9 Å². The number of anilines is 2. The summed E-state index contributed by atoms with van der Waals surface area (Å²) in [7, 11) is 0.217. The van der Waals surface area contributed by atoms with Gasteiger partial charge in [-0.1, -0.05) is 6.07 Å². The third kappa shape index (κ3) is 4.12. The molecule has 2 aromatic carbocycles. The van der Waals surface area contributed by atoms with Gasteiger partial charge < -0.3 is 10.2 Å². The van der Waals surface area contributed by atoms with E-state index in [-0.39, 0.29) is 10.8 Å². The molecule has 2 heterocycles. The fraction of sp³-hybridized carbons (Fsp3) is 0.227. The van der Waals surface area contributed by atoms with Crippen molar-refractivity contribution in [1.29, 1.82) is 0 Å². The molecule has 1 aliphatic heterocycles. The number of amides is 1. The minimum absolute atomic E-state index is 0.136. The predicted octanol–water partition coefficient (Wildman–Crippen LogP) is 3.81. The Hall–Kier alpha value is -2.68. The third-order valence-electron chi connectivity index (χ3n) is 5.15. The summed E-state index contributed by atoms with van der Waals surface area (Å²) in [4.78, 5) is 16.0. The summed E-state index contributed by atoms with van der Waals surface area (Å²) in [5.41, 5.74) is 3.04. The summed E-state index contributed by atoms with van der Waals surface area (Å²) >= 11 is 1.67. The van der Waals surface area contributed by atoms with Crippen LogP contribution in [-0.2, 0) is 23.0 Å². The van der Waals surface area contributed by atoms with Crippen molar-refractivity contribution in [3.63, 3.8) is 0 Å². The van der Waals surface area contributed by atoms with Crippen molar-refractivity contribution < 1.29 is 13.2 Å². The highest BCUT2D eigenvalue weighted by Gasteiger charge is 2.29. The lowest BCUT2D eigenvalue weighted by molar-refractivity contribution is 0.102. The van der Waals surface area contributed by atoms with Crippen LogP contribution in [0.5, 0.6) is 0 Å². The van der Waals surface area contributed by atoms with E-state index in [0.717, 1.165) is 17.7 Å². The van der Waals surface area contributed by atoms with Crippen molar-refractivity contribution in [2.45, 2.75) is 17.9 Å². The molecular weight excluding hydrogens is 418 g/mol. The second kappa shape index (κ2) is 8.22. The quantitative estimate of drug-likeness (QED) is 0.654. The molecule has 0 atom stereocenters. The number of hydrogen-bond acceptors (Lipinski definition) is 5. The van der Waals surface area contributed by atoms with E-state index in [4.69, 9.17) is 0 Å². The van der Waals surface area contributed by atoms with E-state index < -0.39 is 10.0 Å². The summed E-state index contributed by atoms with van der Waals surface area (Å²) in [6.45, 7) is 0.820. The van der Waals surface area contributed by atoms with E-state index in [1.807, 2.05) is 54.7 Å². The Kier molecular flexibility index (Phi) is 5.64. The van der Waals surface area contributed by atoms with Crippen molar-refractivity contribution in [1.82, 2.24) is 4.31 Å². The Bertz CT molecular complexity index is 1170. The van der Waals surface area contributed by atoms with Gasteiger partial charge in [0.15, 0.2) is 0 Å². The van der Waals surface area contributed by atoms with Crippen molar-refractivity contribution in [3.8, 4) is 0 Å². The number of sulfonamides is 1. The Balaban J connectivity index is 1.52. The van der Waals surface area contributed by atoms with Crippen LogP contribution >= 0.6 is 11.3 Å². The molecule has 3 aromatic rings. The topological polar surface area (TPSA) is 69.7 Å². The van der Waals surface area contributed by atoms with Crippen molar-refractivity contribution in [3.05, 3.63) is 76.0 Å².